The van der Waals surface area contributed by atoms with Gasteiger partial charge in [0.2, 0.25) is 5.91 Å². The summed E-state index contributed by atoms with van der Waals surface area (Å²) in [6.45, 7) is 6.80. The summed E-state index contributed by atoms with van der Waals surface area (Å²) in [5, 5.41) is 6.05. The molecule has 19 heavy (non-hydrogen) atoms. The molecule has 0 saturated heterocycles. The second-order valence-corrected chi connectivity index (χ2v) is 6.21. The van der Waals surface area contributed by atoms with Crippen molar-refractivity contribution < 1.29 is 9.53 Å². The van der Waals surface area contributed by atoms with Crippen LogP contribution in [0.25, 0.3) is 0 Å². The Kier molecular flexibility index (Phi) is 5.97. The molecule has 1 aromatic carbocycles. The highest BCUT2D eigenvalue weighted by atomic mass is 79.9. The SMILES string of the molecule is COCc1c(Br)cccc1NC(=O)CNC(C)(C)C. The molecular weight excluding hydrogens is 308 g/mol. The van der Waals surface area contributed by atoms with E-state index in [9.17, 15) is 4.79 Å². The molecule has 106 valence electrons. The van der Waals surface area contributed by atoms with Crippen LogP contribution in [0, 0.1) is 0 Å². The lowest BCUT2D eigenvalue weighted by Gasteiger charge is -2.20. The van der Waals surface area contributed by atoms with Crippen molar-refractivity contribution in [2.45, 2.75) is 32.9 Å². The Morgan fingerprint density at radius 1 is 1.37 bits per heavy atom. The number of methoxy groups -OCH3 is 1. The maximum atomic E-state index is 11.9. The third-order valence-electron chi connectivity index (χ3n) is 2.46. The van der Waals surface area contributed by atoms with E-state index < -0.39 is 0 Å². The fraction of sp³-hybridized carbons (Fsp3) is 0.500. The van der Waals surface area contributed by atoms with Gasteiger partial charge >= 0.3 is 0 Å². The molecule has 0 saturated carbocycles. The van der Waals surface area contributed by atoms with E-state index >= 15 is 0 Å². The number of nitrogens with one attached hydrogen (secondary N) is 2. The van der Waals surface area contributed by atoms with Gasteiger partial charge in [-0.3, -0.25) is 4.79 Å². The monoisotopic (exact) mass is 328 g/mol. The molecule has 5 heteroatoms. The summed E-state index contributed by atoms with van der Waals surface area (Å²) >= 11 is 3.46. The molecule has 0 atom stereocenters. The number of amides is 1. The molecular formula is C14H21BrN2O2. The van der Waals surface area contributed by atoms with Gasteiger partial charge < -0.3 is 15.4 Å². The van der Waals surface area contributed by atoms with Crippen molar-refractivity contribution in [1.29, 1.82) is 0 Å². The van der Waals surface area contributed by atoms with Crippen LogP contribution in [0.2, 0.25) is 0 Å². The fourth-order valence-electron chi connectivity index (χ4n) is 1.51. The number of hydrogen-bond donors (Lipinski definition) is 2. The molecule has 0 aliphatic carbocycles. The van der Waals surface area contributed by atoms with Gasteiger partial charge in [0, 0.05) is 28.4 Å². The topological polar surface area (TPSA) is 50.4 Å². The molecule has 1 rings (SSSR count). The molecule has 0 bridgehead atoms. The van der Waals surface area contributed by atoms with E-state index in [2.05, 4.69) is 26.6 Å². The summed E-state index contributed by atoms with van der Waals surface area (Å²) in [6, 6.07) is 5.68. The van der Waals surface area contributed by atoms with Gasteiger partial charge in [-0.2, -0.15) is 0 Å². The second-order valence-electron chi connectivity index (χ2n) is 5.35. The molecule has 0 heterocycles. The van der Waals surface area contributed by atoms with Gasteiger partial charge in [0.05, 0.1) is 13.2 Å². The highest BCUT2D eigenvalue weighted by Crippen LogP contribution is 2.25. The lowest BCUT2D eigenvalue weighted by molar-refractivity contribution is -0.115. The Morgan fingerprint density at radius 2 is 2.05 bits per heavy atom. The van der Waals surface area contributed by atoms with Crippen molar-refractivity contribution in [3.8, 4) is 0 Å². The average molecular weight is 329 g/mol. The number of anilines is 1. The largest absolute Gasteiger partial charge is 0.380 e. The standard InChI is InChI=1S/C14H21BrN2O2/c1-14(2,3)16-8-13(18)17-12-7-5-6-11(15)10(12)9-19-4/h5-7,16H,8-9H2,1-4H3,(H,17,18). The predicted octanol–water partition coefficient (Wildman–Crippen LogP) is 2.92. The van der Waals surface area contributed by atoms with Crippen molar-refractivity contribution in [3.63, 3.8) is 0 Å². The zero-order valence-electron chi connectivity index (χ0n) is 11.8. The molecule has 4 nitrogen and oxygen atoms in total. The summed E-state index contributed by atoms with van der Waals surface area (Å²) in [5.74, 6) is -0.0645. The van der Waals surface area contributed by atoms with Gasteiger partial charge in [-0.05, 0) is 32.9 Å². The van der Waals surface area contributed by atoms with Crippen molar-refractivity contribution in [1.82, 2.24) is 5.32 Å². The van der Waals surface area contributed by atoms with Gasteiger partial charge in [-0.15, -0.1) is 0 Å². The first-order valence-corrected chi connectivity index (χ1v) is 6.94. The fourth-order valence-corrected chi connectivity index (χ4v) is 1.99. The summed E-state index contributed by atoms with van der Waals surface area (Å²) in [7, 11) is 1.63. The minimum Gasteiger partial charge on any atom is -0.380 e. The predicted molar refractivity (Wildman–Crippen MR) is 81.2 cm³/mol. The van der Waals surface area contributed by atoms with Crippen LogP contribution >= 0.6 is 15.9 Å². The zero-order valence-corrected chi connectivity index (χ0v) is 13.4. The molecule has 0 spiro atoms. The quantitative estimate of drug-likeness (QED) is 0.873. The van der Waals surface area contributed by atoms with Crippen LogP contribution < -0.4 is 10.6 Å². The number of hydrogen-bond acceptors (Lipinski definition) is 3. The van der Waals surface area contributed by atoms with E-state index in [1.807, 2.05) is 39.0 Å². The summed E-state index contributed by atoms with van der Waals surface area (Å²) < 4.78 is 6.08. The summed E-state index contributed by atoms with van der Waals surface area (Å²) in [4.78, 5) is 11.9. The number of benzene rings is 1. The molecule has 0 fully saturated rings. The van der Waals surface area contributed by atoms with Gasteiger partial charge in [-0.25, -0.2) is 0 Å². The highest BCUT2D eigenvalue weighted by molar-refractivity contribution is 9.10. The third kappa shape index (κ3) is 5.72. The second kappa shape index (κ2) is 7.03. The number of ether oxygens (including phenoxy) is 1. The maximum absolute atomic E-state index is 11.9. The minimum absolute atomic E-state index is 0.0645. The van der Waals surface area contributed by atoms with Crippen LogP contribution in [0.4, 0.5) is 5.69 Å². The van der Waals surface area contributed by atoms with Gasteiger partial charge in [-0.1, -0.05) is 22.0 Å². The first-order valence-electron chi connectivity index (χ1n) is 6.14. The van der Waals surface area contributed by atoms with Crippen LogP contribution in [-0.4, -0.2) is 25.1 Å². The molecule has 0 unspecified atom stereocenters. The number of halogens is 1. The van der Waals surface area contributed by atoms with Crippen LogP contribution in [0.3, 0.4) is 0 Å². The van der Waals surface area contributed by atoms with E-state index in [4.69, 9.17) is 4.74 Å². The molecule has 0 aliphatic rings. The Balaban J connectivity index is 2.71. The maximum Gasteiger partial charge on any atom is 0.238 e. The molecule has 1 aromatic rings. The number of carbonyl (C=O) groups is 1. The summed E-state index contributed by atoms with van der Waals surface area (Å²) in [5.41, 5.74) is 1.63. The molecule has 0 radical (unpaired) electrons. The Morgan fingerprint density at radius 3 is 2.63 bits per heavy atom. The average Bonchev–Trinajstić information content (AvgIpc) is 2.30. The van der Waals surface area contributed by atoms with E-state index in [0.29, 0.717) is 6.61 Å². The van der Waals surface area contributed by atoms with Gasteiger partial charge in [0.1, 0.15) is 0 Å². The van der Waals surface area contributed by atoms with Crippen LogP contribution in [0.5, 0.6) is 0 Å². The van der Waals surface area contributed by atoms with Crippen LogP contribution in [-0.2, 0) is 16.1 Å². The number of carbonyl (C=O) groups excluding carboxylic acids is 1. The first-order chi connectivity index (χ1) is 8.83. The summed E-state index contributed by atoms with van der Waals surface area (Å²) in [6.07, 6.45) is 0. The van der Waals surface area contributed by atoms with E-state index in [0.717, 1.165) is 15.7 Å². The van der Waals surface area contributed by atoms with E-state index in [-0.39, 0.29) is 18.0 Å². The van der Waals surface area contributed by atoms with Crippen molar-refractivity contribution in [2.24, 2.45) is 0 Å². The van der Waals surface area contributed by atoms with E-state index in [1.54, 1.807) is 7.11 Å². The third-order valence-corrected chi connectivity index (χ3v) is 3.20. The van der Waals surface area contributed by atoms with Crippen LogP contribution in [0.1, 0.15) is 26.3 Å². The van der Waals surface area contributed by atoms with Gasteiger partial charge in [0.25, 0.3) is 0 Å². The Labute approximate surface area is 123 Å². The number of rotatable bonds is 5. The molecule has 0 aliphatic heterocycles. The normalized spacial score (nSPS) is 11.4. The van der Waals surface area contributed by atoms with Gasteiger partial charge in [0.15, 0.2) is 0 Å². The van der Waals surface area contributed by atoms with E-state index in [1.165, 1.54) is 0 Å². The molecule has 2 N–H and O–H groups in total. The van der Waals surface area contributed by atoms with Crippen molar-refractivity contribution >= 4 is 27.5 Å². The molecule has 0 aromatic heterocycles. The Bertz CT molecular complexity index is 442. The lowest BCUT2D eigenvalue weighted by Crippen LogP contribution is -2.41. The van der Waals surface area contributed by atoms with Crippen LogP contribution in [0.15, 0.2) is 22.7 Å². The zero-order chi connectivity index (χ0) is 14.5. The van der Waals surface area contributed by atoms with Crippen molar-refractivity contribution in [3.05, 3.63) is 28.2 Å². The molecule has 1 amide bonds. The minimum atomic E-state index is -0.0794. The van der Waals surface area contributed by atoms with Crippen molar-refractivity contribution in [2.75, 3.05) is 19.0 Å². The smallest absolute Gasteiger partial charge is 0.238 e. The Hall–Kier alpha value is -0.910. The lowest BCUT2D eigenvalue weighted by atomic mass is 10.1. The first kappa shape index (κ1) is 16.1. The highest BCUT2D eigenvalue weighted by Gasteiger charge is 2.13.